The molecule has 0 aromatic carbocycles. The first-order valence-corrected chi connectivity index (χ1v) is 16.2. The van der Waals surface area contributed by atoms with Gasteiger partial charge in [0.25, 0.3) is 0 Å². The van der Waals surface area contributed by atoms with E-state index in [0.717, 1.165) is 0 Å². The predicted molar refractivity (Wildman–Crippen MR) is 120 cm³/mol. The summed E-state index contributed by atoms with van der Waals surface area (Å²) in [5.41, 5.74) is 0. The molecule has 8 nitrogen and oxygen atoms in total. The van der Waals surface area contributed by atoms with Crippen LogP contribution >= 0.6 is 0 Å². The average molecular weight is 464 g/mol. The molecule has 0 aliphatic carbocycles. The molecule has 1 heterocycles. The Morgan fingerprint density at radius 2 is 1.53 bits per heavy atom. The van der Waals surface area contributed by atoms with Crippen molar-refractivity contribution in [3.63, 3.8) is 0 Å². The maximum atomic E-state index is 12.9. The highest BCUT2D eigenvalue weighted by molar-refractivity contribution is 6.74. The van der Waals surface area contributed by atoms with Crippen LogP contribution < -0.4 is 5.32 Å². The molecule has 1 fully saturated rings. The van der Waals surface area contributed by atoms with E-state index >= 15 is 0 Å². The Bertz CT molecular complexity index is 626. The van der Waals surface area contributed by atoms with Gasteiger partial charge in [-0.1, -0.05) is 41.5 Å². The standard InChI is InChI=1S/C20H41NO7Si2/c1-19(2,3)29(8,9)27-15(14-13(12-22)21-18(24)26-14)16(17(23)25-7)28-30(10,11)20(4,5)6/h13-16,22H,12H2,1-11H3,(H,21,24)/t13-,14-,15+,16+/m1/s1. The molecule has 1 saturated heterocycles. The van der Waals surface area contributed by atoms with Gasteiger partial charge in [-0.15, -0.1) is 0 Å². The fourth-order valence-electron chi connectivity index (χ4n) is 2.60. The highest BCUT2D eigenvalue weighted by Gasteiger charge is 2.53. The molecule has 0 unspecified atom stereocenters. The van der Waals surface area contributed by atoms with Crippen LogP contribution in [0.15, 0.2) is 0 Å². The fraction of sp³-hybridized carbons (Fsp3) is 0.900. The van der Waals surface area contributed by atoms with E-state index in [2.05, 4.69) is 60.0 Å². The molecule has 0 aromatic rings. The van der Waals surface area contributed by atoms with Gasteiger partial charge in [0.1, 0.15) is 6.10 Å². The first-order valence-electron chi connectivity index (χ1n) is 10.4. The lowest BCUT2D eigenvalue weighted by Crippen LogP contribution is -2.60. The summed E-state index contributed by atoms with van der Waals surface area (Å²) in [7, 11) is -3.53. The molecule has 0 aromatic heterocycles. The Kier molecular flexibility index (Phi) is 8.37. The van der Waals surface area contributed by atoms with Crippen molar-refractivity contribution in [1.29, 1.82) is 0 Å². The van der Waals surface area contributed by atoms with Crippen LogP contribution in [0.5, 0.6) is 0 Å². The summed E-state index contributed by atoms with van der Waals surface area (Å²) >= 11 is 0. The monoisotopic (exact) mass is 463 g/mol. The zero-order valence-electron chi connectivity index (χ0n) is 20.4. The SMILES string of the molecule is COC(=O)[C@@H](O[Si](C)(C)C(C)(C)C)[C@@H](O[Si](C)(C)C(C)(C)C)[C@@H]1OC(=O)N[C@@H]1CO. The van der Waals surface area contributed by atoms with Crippen LogP contribution in [-0.2, 0) is 23.1 Å². The van der Waals surface area contributed by atoms with Gasteiger partial charge in [0.15, 0.2) is 28.8 Å². The molecule has 0 bridgehead atoms. The summed E-state index contributed by atoms with van der Waals surface area (Å²) in [4.78, 5) is 24.9. The van der Waals surface area contributed by atoms with Crippen molar-refractivity contribution in [2.75, 3.05) is 13.7 Å². The number of hydrogen-bond donors (Lipinski definition) is 2. The van der Waals surface area contributed by atoms with Crippen LogP contribution in [0.3, 0.4) is 0 Å². The minimum atomic E-state index is -2.42. The second-order valence-electron chi connectivity index (χ2n) is 11.0. The summed E-state index contributed by atoms with van der Waals surface area (Å²) in [6, 6.07) is -0.706. The molecule has 2 N–H and O–H groups in total. The van der Waals surface area contributed by atoms with Gasteiger partial charge in [0.2, 0.25) is 0 Å². The third kappa shape index (κ3) is 6.06. The molecule has 0 saturated carbocycles. The Labute approximate surface area is 183 Å². The Morgan fingerprint density at radius 1 is 1.07 bits per heavy atom. The Balaban J connectivity index is 3.49. The van der Waals surface area contributed by atoms with Crippen molar-refractivity contribution in [2.45, 2.75) is 102 Å². The molecule has 1 aliphatic rings. The number of methoxy groups -OCH3 is 1. The lowest BCUT2D eigenvalue weighted by atomic mass is 10.0. The molecule has 30 heavy (non-hydrogen) atoms. The number of aliphatic hydroxyl groups is 1. The van der Waals surface area contributed by atoms with Crippen molar-refractivity contribution < 1.29 is 33.0 Å². The van der Waals surface area contributed by atoms with Gasteiger partial charge in [-0.3, -0.25) is 0 Å². The van der Waals surface area contributed by atoms with Crippen LogP contribution in [0.4, 0.5) is 4.79 Å². The minimum absolute atomic E-state index is 0.159. The van der Waals surface area contributed by atoms with Gasteiger partial charge < -0.3 is 28.7 Å². The van der Waals surface area contributed by atoms with Crippen molar-refractivity contribution in [3.05, 3.63) is 0 Å². The Hall–Kier alpha value is -0.946. The third-order valence-electron chi connectivity index (χ3n) is 6.66. The largest absolute Gasteiger partial charge is 0.467 e. The number of amides is 1. The zero-order chi connectivity index (χ0) is 23.7. The molecule has 1 aliphatic heterocycles. The summed E-state index contributed by atoms with van der Waals surface area (Å²) in [6.45, 7) is 20.3. The van der Waals surface area contributed by atoms with E-state index in [-0.39, 0.29) is 16.7 Å². The number of aliphatic hydroxyl groups excluding tert-OH is 1. The number of alkyl carbamates (subject to hydrolysis) is 1. The number of carbonyl (C=O) groups is 2. The van der Waals surface area contributed by atoms with E-state index < -0.39 is 53.1 Å². The van der Waals surface area contributed by atoms with Crippen molar-refractivity contribution in [1.82, 2.24) is 5.32 Å². The molecular formula is C20H41NO7Si2. The van der Waals surface area contributed by atoms with Gasteiger partial charge in [0, 0.05) is 0 Å². The summed E-state index contributed by atoms with van der Waals surface area (Å²) < 4.78 is 23.6. The van der Waals surface area contributed by atoms with Gasteiger partial charge in [-0.2, -0.15) is 0 Å². The number of carbonyl (C=O) groups excluding carboxylic acids is 2. The maximum absolute atomic E-state index is 12.9. The first kappa shape index (κ1) is 27.1. The second kappa shape index (κ2) is 9.27. The van der Waals surface area contributed by atoms with Crippen LogP contribution in [0.1, 0.15) is 41.5 Å². The van der Waals surface area contributed by atoms with E-state index in [1.54, 1.807) is 0 Å². The molecule has 10 heteroatoms. The van der Waals surface area contributed by atoms with E-state index in [9.17, 15) is 14.7 Å². The topological polar surface area (TPSA) is 103 Å². The molecule has 1 rings (SSSR count). The molecule has 1 amide bonds. The molecule has 4 atom stereocenters. The second-order valence-corrected chi connectivity index (χ2v) is 20.5. The van der Waals surface area contributed by atoms with Gasteiger partial charge in [0.05, 0.1) is 19.8 Å². The number of nitrogens with one attached hydrogen (secondary N) is 1. The first-order chi connectivity index (χ1) is 13.4. The predicted octanol–water partition coefficient (Wildman–Crippen LogP) is 3.41. The van der Waals surface area contributed by atoms with E-state index in [1.807, 2.05) is 13.1 Å². The van der Waals surface area contributed by atoms with Crippen molar-refractivity contribution >= 4 is 28.7 Å². The van der Waals surface area contributed by atoms with Gasteiger partial charge in [-0.05, 0) is 36.3 Å². The highest BCUT2D eigenvalue weighted by Crippen LogP contribution is 2.41. The molecule has 0 radical (unpaired) electrons. The van der Waals surface area contributed by atoms with E-state index in [4.69, 9.17) is 18.3 Å². The summed E-state index contributed by atoms with van der Waals surface area (Å²) in [6.07, 6.45) is -3.54. The quantitative estimate of drug-likeness (QED) is 0.420. The normalized spacial score (nSPS) is 22.9. The maximum Gasteiger partial charge on any atom is 0.408 e. The Morgan fingerprint density at radius 3 is 1.93 bits per heavy atom. The highest BCUT2D eigenvalue weighted by atomic mass is 28.4. The smallest absolute Gasteiger partial charge is 0.408 e. The van der Waals surface area contributed by atoms with Crippen LogP contribution in [0.2, 0.25) is 36.3 Å². The summed E-state index contributed by atoms with van der Waals surface area (Å²) in [5.74, 6) is -0.580. The van der Waals surface area contributed by atoms with Crippen LogP contribution in [-0.4, -0.2) is 71.9 Å². The fourth-order valence-corrected chi connectivity index (χ4v) is 5.11. The molecular weight excluding hydrogens is 422 g/mol. The van der Waals surface area contributed by atoms with Crippen LogP contribution in [0.25, 0.3) is 0 Å². The number of cyclic esters (lactones) is 1. The minimum Gasteiger partial charge on any atom is -0.467 e. The van der Waals surface area contributed by atoms with Gasteiger partial charge >= 0.3 is 12.1 Å². The lowest BCUT2D eigenvalue weighted by Gasteiger charge is -2.45. The number of rotatable bonds is 8. The molecule has 0 spiro atoms. The number of esters is 1. The van der Waals surface area contributed by atoms with Crippen molar-refractivity contribution in [2.24, 2.45) is 0 Å². The molecule has 176 valence electrons. The number of hydrogen-bond acceptors (Lipinski definition) is 7. The van der Waals surface area contributed by atoms with Gasteiger partial charge in [-0.25, -0.2) is 9.59 Å². The third-order valence-corrected chi connectivity index (χ3v) is 15.6. The van der Waals surface area contributed by atoms with E-state index in [0.29, 0.717) is 0 Å². The zero-order valence-corrected chi connectivity index (χ0v) is 22.4. The average Bonchev–Trinajstić information content (AvgIpc) is 2.95. The number of ether oxygens (including phenoxy) is 2. The lowest BCUT2D eigenvalue weighted by molar-refractivity contribution is -0.158. The summed E-state index contributed by atoms with van der Waals surface area (Å²) in [5, 5.41) is 12.1. The van der Waals surface area contributed by atoms with E-state index in [1.165, 1.54) is 7.11 Å². The van der Waals surface area contributed by atoms with Crippen LogP contribution in [0, 0.1) is 0 Å². The van der Waals surface area contributed by atoms with Crippen molar-refractivity contribution in [3.8, 4) is 0 Å².